The molecule has 1 aliphatic rings. The molecular weight excluding hydrogens is 204 g/mol. The lowest BCUT2D eigenvalue weighted by Gasteiger charge is -2.34. The zero-order valence-electron chi connectivity index (χ0n) is 9.97. The van der Waals surface area contributed by atoms with Crippen molar-refractivity contribution in [1.29, 1.82) is 0 Å². The standard InChI is InChI=1S/C17H17/c1-3-8-14(9-4-1)17(16-12-7-13-16)15-10-5-2-6-11-15/h1-6,8-11,16H,7,12-13H2. The maximum Gasteiger partial charge on any atom is 0.0370 e. The number of hydrogen-bond donors (Lipinski definition) is 0. The third-order valence-corrected chi connectivity index (χ3v) is 3.68. The van der Waals surface area contributed by atoms with E-state index in [0.29, 0.717) is 0 Å². The van der Waals surface area contributed by atoms with E-state index in [0.717, 1.165) is 5.92 Å². The first-order valence-electron chi connectivity index (χ1n) is 6.43. The lowest BCUT2D eigenvalue weighted by molar-refractivity contribution is 0.346. The molecule has 2 aromatic rings. The zero-order valence-corrected chi connectivity index (χ0v) is 9.97. The summed E-state index contributed by atoms with van der Waals surface area (Å²) in [6.45, 7) is 0. The minimum Gasteiger partial charge on any atom is -0.0622 e. The van der Waals surface area contributed by atoms with Crippen molar-refractivity contribution in [1.82, 2.24) is 0 Å². The maximum atomic E-state index is 2.24. The van der Waals surface area contributed by atoms with Crippen LogP contribution in [0.2, 0.25) is 0 Å². The fourth-order valence-corrected chi connectivity index (χ4v) is 2.57. The van der Waals surface area contributed by atoms with Gasteiger partial charge in [-0.3, -0.25) is 0 Å². The van der Waals surface area contributed by atoms with Gasteiger partial charge < -0.3 is 0 Å². The van der Waals surface area contributed by atoms with Crippen LogP contribution in [0.4, 0.5) is 0 Å². The van der Waals surface area contributed by atoms with E-state index in [-0.39, 0.29) is 0 Å². The van der Waals surface area contributed by atoms with Gasteiger partial charge in [-0.1, -0.05) is 67.1 Å². The lowest BCUT2D eigenvalue weighted by atomic mass is 9.70. The molecule has 0 unspecified atom stereocenters. The number of rotatable bonds is 3. The second kappa shape index (κ2) is 4.75. The van der Waals surface area contributed by atoms with E-state index in [2.05, 4.69) is 60.7 Å². The van der Waals surface area contributed by atoms with Gasteiger partial charge in [0.2, 0.25) is 0 Å². The normalized spacial score (nSPS) is 15.8. The van der Waals surface area contributed by atoms with Gasteiger partial charge in [0.15, 0.2) is 0 Å². The highest BCUT2D eigenvalue weighted by Gasteiger charge is 2.29. The predicted octanol–water partition coefficient (Wildman–Crippen LogP) is 4.46. The van der Waals surface area contributed by atoms with Crippen molar-refractivity contribution >= 4 is 0 Å². The molecule has 0 heteroatoms. The Labute approximate surface area is 103 Å². The van der Waals surface area contributed by atoms with Crippen LogP contribution >= 0.6 is 0 Å². The molecule has 0 aliphatic heterocycles. The van der Waals surface area contributed by atoms with Crippen LogP contribution in [0.1, 0.15) is 30.4 Å². The molecule has 1 fully saturated rings. The van der Waals surface area contributed by atoms with Crippen molar-refractivity contribution in [3.63, 3.8) is 0 Å². The van der Waals surface area contributed by atoms with Gasteiger partial charge >= 0.3 is 0 Å². The van der Waals surface area contributed by atoms with Gasteiger partial charge in [0.1, 0.15) is 0 Å². The van der Waals surface area contributed by atoms with E-state index in [4.69, 9.17) is 0 Å². The van der Waals surface area contributed by atoms with Crippen molar-refractivity contribution in [2.45, 2.75) is 19.3 Å². The van der Waals surface area contributed by atoms with Crippen molar-refractivity contribution in [2.24, 2.45) is 5.92 Å². The predicted molar refractivity (Wildman–Crippen MR) is 71.7 cm³/mol. The molecule has 0 nitrogen and oxygen atoms in total. The monoisotopic (exact) mass is 221 g/mol. The average Bonchev–Trinajstić information content (AvgIpc) is 2.36. The first-order valence-corrected chi connectivity index (χ1v) is 6.43. The van der Waals surface area contributed by atoms with Crippen molar-refractivity contribution in [2.75, 3.05) is 0 Å². The highest BCUT2D eigenvalue weighted by molar-refractivity contribution is 5.47. The van der Waals surface area contributed by atoms with Crippen LogP contribution in [0.3, 0.4) is 0 Å². The summed E-state index contributed by atoms with van der Waals surface area (Å²) >= 11 is 0. The minimum absolute atomic E-state index is 0.764. The molecule has 0 amide bonds. The molecule has 1 aliphatic carbocycles. The third-order valence-electron chi connectivity index (χ3n) is 3.68. The van der Waals surface area contributed by atoms with E-state index < -0.39 is 0 Å². The molecule has 1 saturated carbocycles. The van der Waals surface area contributed by atoms with Crippen LogP contribution in [-0.4, -0.2) is 0 Å². The Kier molecular flexibility index (Phi) is 2.96. The Morgan fingerprint density at radius 1 is 0.706 bits per heavy atom. The Bertz CT molecular complexity index is 414. The summed E-state index contributed by atoms with van der Waals surface area (Å²) in [5, 5.41) is 0. The molecule has 0 saturated heterocycles. The second-order valence-corrected chi connectivity index (χ2v) is 4.77. The molecule has 2 aromatic carbocycles. The van der Waals surface area contributed by atoms with E-state index >= 15 is 0 Å². The Balaban J connectivity index is 1.98. The van der Waals surface area contributed by atoms with Gasteiger partial charge in [0.25, 0.3) is 0 Å². The molecule has 0 spiro atoms. The van der Waals surface area contributed by atoms with Gasteiger partial charge in [0, 0.05) is 5.92 Å². The number of benzene rings is 2. The SMILES string of the molecule is c1ccc([C](c2ccccc2)C2CCC2)cc1. The van der Waals surface area contributed by atoms with Crippen LogP contribution in [0.5, 0.6) is 0 Å². The number of hydrogen-bond acceptors (Lipinski definition) is 0. The largest absolute Gasteiger partial charge is 0.0622 e. The first-order chi connectivity index (χ1) is 8.45. The molecule has 1 radical (unpaired) electrons. The fraction of sp³-hybridized carbons (Fsp3) is 0.235. The summed E-state index contributed by atoms with van der Waals surface area (Å²) in [5.41, 5.74) is 2.78. The fourth-order valence-electron chi connectivity index (χ4n) is 2.57. The van der Waals surface area contributed by atoms with E-state index in [1.54, 1.807) is 0 Å². The molecule has 0 atom stereocenters. The zero-order chi connectivity index (χ0) is 11.5. The van der Waals surface area contributed by atoms with E-state index in [9.17, 15) is 0 Å². The van der Waals surface area contributed by atoms with E-state index in [1.165, 1.54) is 36.3 Å². The quantitative estimate of drug-likeness (QED) is 0.718. The maximum absolute atomic E-state index is 2.24. The summed E-state index contributed by atoms with van der Waals surface area (Å²) < 4.78 is 0. The van der Waals surface area contributed by atoms with Gasteiger partial charge in [-0.25, -0.2) is 0 Å². The van der Waals surface area contributed by atoms with Gasteiger partial charge in [-0.05, 0) is 29.9 Å². The third kappa shape index (κ3) is 2.12. The van der Waals surface area contributed by atoms with E-state index in [1.807, 2.05) is 0 Å². The first kappa shape index (κ1) is 10.6. The molecule has 0 heterocycles. The van der Waals surface area contributed by atoms with Crippen molar-refractivity contribution < 1.29 is 0 Å². The molecule has 0 aromatic heterocycles. The summed E-state index contributed by atoms with van der Waals surface area (Å²) in [7, 11) is 0. The van der Waals surface area contributed by atoms with Crippen LogP contribution in [0.15, 0.2) is 60.7 Å². The summed E-state index contributed by atoms with van der Waals surface area (Å²) in [6, 6.07) is 21.7. The molecule has 0 N–H and O–H groups in total. The average molecular weight is 221 g/mol. The smallest absolute Gasteiger partial charge is 0.0370 e. The second-order valence-electron chi connectivity index (χ2n) is 4.77. The van der Waals surface area contributed by atoms with Crippen LogP contribution in [0, 0.1) is 11.8 Å². The van der Waals surface area contributed by atoms with Crippen molar-refractivity contribution in [3.8, 4) is 0 Å². The van der Waals surface area contributed by atoms with Crippen molar-refractivity contribution in [3.05, 3.63) is 77.7 Å². The van der Waals surface area contributed by atoms with Crippen LogP contribution in [-0.2, 0) is 0 Å². The topological polar surface area (TPSA) is 0 Å². The Morgan fingerprint density at radius 2 is 1.18 bits per heavy atom. The highest BCUT2D eigenvalue weighted by atomic mass is 14.3. The van der Waals surface area contributed by atoms with Crippen LogP contribution < -0.4 is 0 Å². The van der Waals surface area contributed by atoms with Crippen LogP contribution in [0.25, 0.3) is 0 Å². The molecule has 17 heavy (non-hydrogen) atoms. The lowest BCUT2D eigenvalue weighted by Crippen LogP contribution is -2.22. The molecule has 85 valence electrons. The molecule has 3 rings (SSSR count). The highest BCUT2D eigenvalue weighted by Crippen LogP contribution is 2.42. The van der Waals surface area contributed by atoms with Gasteiger partial charge in [-0.2, -0.15) is 0 Å². The summed E-state index contributed by atoms with van der Waals surface area (Å²) in [4.78, 5) is 0. The molecule has 0 bridgehead atoms. The summed E-state index contributed by atoms with van der Waals surface area (Å²) in [6.07, 6.45) is 4.08. The minimum atomic E-state index is 0.764. The van der Waals surface area contributed by atoms with Gasteiger partial charge in [-0.15, -0.1) is 0 Å². The Hall–Kier alpha value is -1.56. The molecular formula is C17H17. The summed E-state index contributed by atoms with van der Waals surface area (Å²) in [5.74, 6) is 2.30. The Morgan fingerprint density at radius 3 is 1.53 bits per heavy atom. The van der Waals surface area contributed by atoms with Gasteiger partial charge in [0.05, 0.1) is 0 Å².